The molecule has 0 heterocycles. The molecule has 1 fully saturated rings. The Morgan fingerprint density at radius 1 is 1.36 bits per heavy atom. The average Bonchev–Trinajstić information content (AvgIpc) is 2.18. The summed E-state index contributed by atoms with van der Waals surface area (Å²) in [6.45, 7) is 6.52. The topological polar surface area (TPSA) is 12.0 Å². The van der Waals surface area contributed by atoms with E-state index >= 15 is 0 Å². The molecule has 1 aliphatic rings. The van der Waals surface area contributed by atoms with Gasteiger partial charge in [0, 0.05) is 18.6 Å². The van der Waals surface area contributed by atoms with Crippen molar-refractivity contribution in [2.24, 2.45) is 5.41 Å². The van der Waals surface area contributed by atoms with Gasteiger partial charge in [0.2, 0.25) is 0 Å². The number of hydrogen-bond acceptors (Lipinski definition) is 1. The molecule has 0 saturated heterocycles. The number of hydrogen-bond donors (Lipinski definition) is 1. The lowest BCUT2D eigenvalue weighted by atomic mass is 9.76. The van der Waals surface area contributed by atoms with Crippen molar-refractivity contribution in [2.75, 3.05) is 13.1 Å². The molecule has 0 spiro atoms. The quantitative estimate of drug-likeness (QED) is 0.755. The van der Waals surface area contributed by atoms with Crippen LogP contribution in [0.2, 0.25) is 0 Å². The first-order chi connectivity index (χ1) is 6.66. The second-order valence-electron chi connectivity index (χ2n) is 4.93. The van der Waals surface area contributed by atoms with Gasteiger partial charge in [-0.1, -0.05) is 37.8 Å². The molecule has 0 aromatic rings. The molecule has 1 nitrogen and oxygen atoms in total. The van der Waals surface area contributed by atoms with Crippen LogP contribution in [0.25, 0.3) is 0 Å². The molecule has 0 radical (unpaired) electrons. The highest BCUT2D eigenvalue weighted by atomic mass is 35.5. The van der Waals surface area contributed by atoms with Crippen LogP contribution in [0.4, 0.5) is 0 Å². The third-order valence-electron chi connectivity index (χ3n) is 3.20. The second-order valence-corrected chi connectivity index (χ2v) is 5.15. The van der Waals surface area contributed by atoms with Crippen molar-refractivity contribution < 1.29 is 0 Å². The summed E-state index contributed by atoms with van der Waals surface area (Å²) in [4.78, 5) is 0. The molecule has 1 aliphatic carbocycles. The largest absolute Gasteiger partial charge is 0.312 e. The summed E-state index contributed by atoms with van der Waals surface area (Å²) in [6, 6.07) is 0. The fraction of sp³-hybridized carbons (Fsp3) is 0.833. The van der Waals surface area contributed by atoms with Gasteiger partial charge >= 0.3 is 0 Å². The number of rotatable bonds is 4. The zero-order valence-electron chi connectivity index (χ0n) is 9.41. The van der Waals surface area contributed by atoms with Crippen LogP contribution >= 0.6 is 11.6 Å². The summed E-state index contributed by atoms with van der Waals surface area (Å²) < 4.78 is 0. The first-order valence-electron chi connectivity index (χ1n) is 5.63. The standard InChI is InChI=1S/C12H22ClN/c1-11(8-13)9-14-10-12(2)6-4-3-5-7-12/h8,14H,3-7,9-10H2,1-2H3. The van der Waals surface area contributed by atoms with Gasteiger partial charge in [0.25, 0.3) is 0 Å². The van der Waals surface area contributed by atoms with Crippen LogP contribution in [-0.2, 0) is 0 Å². The summed E-state index contributed by atoms with van der Waals surface area (Å²) in [6.07, 6.45) is 6.99. The van der Waals surface area contributed by atoms with E-state index in [1.165, 1.54) is 37.7 Å². The minimum atomic E-state index is 0.533. The third kappa shape index (κ3) is 4.02. The molecular weight excluding hydrogens is 194 g/mol. The summed E-state index contributed by atoms with van der Waals surface area (Å²) >= 11 is 5.61. The fourth-order valence-electron chi connectivity index (χ4n) is 2.18. The van der Waals surface area contributed by atoms with E-state index in [0.717, 1.165) is 13.1 Å². The van der Waals surface area contributed by atoms with Crippen molar-refractivity contribution in [3.63, 3.8) is 0 Å². The van der Waals surface area contributed by atoms with E-state index < -0.39 is 0 Å². The van der Waals surface area contributed by atoms with Crippen LogP contribution < -0.4 is 5.32 Å². The molecule has 0 bridgehead atoms. The SMILES string of the molecule is CC(=CCl)CNCC1(C)CCCCC1. The van der Waals surface area contributed by atoms with E-state index in [-0.39, 0.29) is 0 Å². The molecule has 1 saturated carbocycles. The molecule has 0 atom stereocenters. The Morgan fingerprint density at radius 3 is 2.57 bits per heavy atom. The summed E-state index contributed by atoms with van der Waals surface area (Å²) in [5.74, 6) is 0. The number of nitrogens with one attached hydrogen (secondary N) is 1. The van der Waals surface area contributed by atoms with Crippen LogP contribution in [-0.4, -0.2) is 13.1 Å². The minimum absolute atomic E-state index is 0.533. The maximum Gasteiger partial charge on any atom is 0.0173 e. The van der Waals surface area contributed by atoms with Crippen LogP contribution in [0.5, 0.6) is 0 Å². The molecule has 82 valence electrons. The minimum Gasteiger partial charge on any atom is -0.312 e. The number of halogens is 1. The Kier molecular flexibility index (Phi) is 4.97. The normalized spacial score (nSPS) is 22.4. The van der Waals surface area contributed by atoms with Gasteiger partial charge in [0.1, 0.15) is 0 Å². The molecule has 0 aromatic heterocycles. The van der Waals surface area contributed by atoms with Gasteiger partial charge < -0.3 is 5.32 Å². The molecule has 2 heteroatoms. The van der Waals surface area contributed by atoms with Crippen molar-refractivity contribution in [1.29, 1.82) is 0 Å². The van der Waals surface area contributed by atoms with Gasteiger partial charge in [-0.25, -0.2) is 0 Å². The fourth-order valence-corrected chi connectivity index (χ4v) is 2.26. The Hall–Kier alpha value is -0.0100. The van der Waals surface area contributed by atoms with E-state index in [2.05, 4.69) is 19.2 Å². The Balaban J connectivity index is 2.22. The van der Waals surface area contributed by atoms with Gasteiger partial charge in [-0.15, -0.1) is 0 Å². The maximum atomic E-state index is 5.61. The molecule has 0 amide bonds. The lowest BCUT2D eigenvalue weighted by Crippen LogP contribution is -2.34. The van der Waals surface area contributed by atoms with Gasteiger partial charge in [-0.2, -0.15) is 0 Å². The third-order valence-corrected chi connectivity index (χ3v) is 3.58. The first-order valence-corrected chi connectivity index (χ1v) is 6.06. The van der Waals surface area contributed by atoms with E-state index in [4.69, 9.17) is 11.6 Å². The molecule has 0 unspecified atom stereocenters. The van der Waals surface area contributed by atoms with Gasteiger partial charge in [0.15, 0.2) is 0 Å². The summed E-state index contributed by atoms with van der Waals surface area (Å²) in [5, 5.41) is 3.49. The predicted octanol–water partition coefficient (Wildman–Crippen LogP) is 3.69. The first kappa shape index (κ1) is 12.1. The van der Waals surface area contributed by atoms with E-state index in [1.54, 1.807) is 5.54 Å². The van der Waals surface area contributed by atoms with Gasteiger partial charge in [0.05, 0.1) is 0 Å². The van der Waals surface area contributed by atoms with Crippen molar-refractivity contribution in [2.45, 2.75) is 46.0 Å². The molecule has 0 aliphatic heterocycles. The lowest BCUT2D eigenvalue weighted by Gasteiger charge is -2.33. The van der Waals surface area contributed by atoms with Crippen LogP contribution in [0, 0.1) is 5.41 Å². The molecule has 1 rings (SSSR count). The lowest BCUT2D eigenvalue weighted by molar-refractivity contribution is 0.210. The zero-order valence-corrected chi connectivity index (χ0v) is 10.2. The summed E-state index contributed by atoms with van der Waals surface area (Å²) in [7, 11) is 0. The molecule has 1 N–H and O–H groups in total. The van der Waals surface area contributed by atoms with Crippen molar-refractivity contribution >= 4 is 11.6 Å². The Morgan fingerprint density at radius 2 is 2.00 bits per heavy atom. The zero-order chi connectivity index (χ0) is 10.4. The van der Waals surface area contributed by atoms with Crippen molar-refractivity contribution in [3.05, 3.63) is 11.1 Å². The van der Waals surface area contributed by atoms with Crippen LogP contribution in [0.3, 0.4) is 0 Å². The predicted molar refractivity (Wildman–Crippen MR) is 63.7 cm³/mol. The smallest absolute Gasteiger partial charge is 0.0173 e. The van der Waals surface area contributed by atoms with Gasteiger partial charge in [-0.3, -0.25) is 0 Å². The monoisotopic (exact) mass is 215 g/mol. The Labute approximate surface area is 92.9 Å². The molecule has 14 heavy (non-hydrogen) atoms. The Bertz CT molecular complexity index is 192. The van der Waals surface area contributed by atoms with Crippen molar-refractivity contribution in [3.8, 4) is 0 Å². The van der Waals surface area contributed by atoms with E-state index in [9.17, 15) is 0 Å². The second kappa shape index (κ2) is 5.77. The molecule has 0 aromatic carbocycles. The highest BCUT2D eigenvalue weighted by Gasteiger charge is 2.25. The van der Waals surface area contributed by atoms with E-state index in [0.29, 0.717) is 5.41 Å². The van der Waals surface area contributed by atoms with Gasteiger partial charge in [-0.05, 0) is 30.8 Å². The average molecular weight is 216 g/mol. The van der Waals surface area contributed by atoms with Crippen LogP contribution in [0.1, 0.15) is 46.0 Å². The van der Waals surface area contributed by atoms with Crippen molar-refractivity contribution in [1.82, 2.24) is 5.32 Å². The maximum absolute atomic E-state index is 5.61. The van der Waals surface area contributed by atoms with Crippen LogP contribution in [0.15, 0.2) is 11.1 Å². The van der Waals surface area contributed by atoms with E-state index in [1.807, 2.05) is 0 Å². The highest BCUT2D eigenvalue weighted by Crippen LogP contribution is 2.34. The highest BCUT2D eigenvalue weighted by molar-refractivity contribution is 6.25. The summed E-state index contributed by atoms with van der Waals surface area (Å²) in [5.41, 5.74) is 3.41. The molecular formula is C12H22ClN.